The van der Waals surface area contributed by atoms with E-state index in [1.165, 1.54) is 12.1 Å². The number of hydrogen-bond acceptors (Lipinski definition) is 4. The zero-order valence-electron chi connectivity index (χ0n) is 11.5. The topological polar surface area (TPSA) is 65.0 Å². The second kappa shape index (κ2) is 5.61. The summed E-state index contributed by atoms with van der Waals surface area (Å²) in [6, 6.07) is 4.05. The lowest BCUT2D eigenvalue weighted by Gasteiger charge is -2.37. The summed E-state index contributed by atoms with van der Waals surface area (Å²) in [5.41, 5.74) is -0.750. The Labute approximate surface area is 121 Å². The number of carboxylic acid groups (broad SMARTS) is 1. The smallest absolute Gasteiger partial charge is 0.342 e. The van der Waals surface area contributed by atoms with Crippen LogP contribution < -0.4 is 4.74 Å². The van der Waals surface area contributed by atoms with Gasteiger partial charge in [-0.25, -0.2) is 9.18 Å². The average Bonchev–Trinajstić information content (AvgIpc) is 2.86. The van der Waals surface area contributed by atoms with Gasteiger partial charge in [0, 0.05) is 25.9 Å². The van der Waals surface area contributed by atoms with Crippen molar-refractivity contribution in [2.45, 2.75) is 31.0 Å². The minimum atomic E-state index is -1.32. The molecule has 1 aromatic rings. The number of halogens is 1. The molecule has 2 saturated heterocycles. The maximum absolute atomic E-state index is 13.6. The molecule has 21 heavy (non-hydrogen) atoms. The molecule has 2 aliphatic rings. The van der Waals surface area contributed by atoms with E-state index in [1.54, 1.807) is 0 Å². The summed E-state index contributed by atoms with van der Waals surface area (Å²) < 4.78 is 30.6. The SMILES string of the molecule is O=C(O)c1c(F)cccc1OC1CCOC2(CCOC2)C1. The van der Waals surface area contributed by atoms with Gasteiger partial charge in [-0.05, 0) is 12.1 Å². The van der Waals surface area contributed by atoms with E-state index in [9.17, 15) is 9.18 Å². The van der Waals surface area contributed by atoms with Gasteiger partial charge in [0.1, 0.15) is 23.2 Å². The van der Waals surface area contributed by atoms with Crippen molar-refractivity contribution in [2.75, 3.05) is 19.8 Å². The Morgan fingerprint density at radius 1 is 1.43 bits per heavy atom. The molecule has 6 heteroatoms. The molecule has 2 unspecified atom stereocenters. The van der Waals surface area contributed by atoms with Crippen LogP contribution in [-0.2, 0) is 9.47 Å². The molecule has 0 aromatic heterocycles. The first kappa shape index (κ1) is 14.3. The fraction of sp³-hybridized carbons (Fsp3) is 0.533. The van der Waals surface area contributed by atoms with Crippen LogP contribution in [0.3, 0.4) is 0 Å². The third-order valence-corrected chi connectivity index (χ3v) is 4.00. The highest BCUT2D eigenvalue weighted by Crippen LogP contribution is 2.35. The predicted octanol–water partition coefficient (Wildman–Crippen LogP) is 2.24. The average molecular weight is 296 g/mol. The van der Waals surface area contributed by atoms with E-state index in [-0.39, 0.29) is 17.5 Å². The zero-order chi connectivity index (χ0) is 14.9. The van der Waals surface area contributed by atoms with Crippen LogP contribution in [0, 0.1) is 5.82 Å². The number of carboxylic acids is 1. The molecular weight excluding hydrogens is 279 g/mol. The molecule has 5 nitrogen and oxygen atoms in total. The molecule has 0 saturated carbocycles. The van der Waals surface area contributed by atoms with Gasteiger partial charge in [-0.2, -0.15) is 0 Å². The number of carbonyl (C=O) groups is 1. The van der Waals surface area contributed by atoms with E-state index in [4.69, 9.17) is 19.3 Å². The van der Waals surface area contributed by atoms with E-state index in [2.05, 4.69) is 0 Å². The van der Waals surface area contributed by atoms with Crippen LogP contribution in [0.25, 0.3) is 0 Å². The number of benzene rings is 1. The molecule has 3 rings (SSSR count). The first-order valence-corrected chi connectivity index (χ1v) is 7.00. The predicted molar refractivity (Wildman–Crippen MR) is 71.1 cm³/mol. The minimum absolute atomic E-state index is 0.0727. The van der Waals surface area contributed by atoms with E-state index in [0.717, 1.165) is 12.5 Å². The molecule has 1 spiro atoms. The Morgan fingerprint density at radius 3 is 3.00 bits per heavy atom. The van der Waals surface area contributed by atoms with Crippen molar-refractivity contribution >= 4 is 5.97 Å². The third-order valence-electron chi connectivity index (χ3n) is 4.00. The second-order valence-electron chi connectivity index (χ2n) is 5.48. The van der Waals surface area contributed by atoms with Crippen molar-refractivity contribution in [3.05, 3.63) is 29.6 Å². The fourth-order valence-electron chi connectivity index (χ4n) is 2.94. The first-order chi connectivity index (χ1) is 10.1. The Morgan fingerprint density at radius 2 is 2.29 bits per heavy atom. The molecule has 0 bridgehead atoms. The van der Waals surface area contributed by atoms with Gasteiger partial charge in [0.2, 0.25) is 0 Å². The van der Waals surface area contributed by atoms with Crippen molar-refractivity contribution in [1.82, 2.24) is 0 Å². The van der Waals surface area contributed by atoms with Gasteiger partial charge in [-0.1, -0.05) is 6.07 Å². The summed E-state index contributed by atoms with van der Waals surface area (Å²) in [5, 5.41) is 9.12. The number of aromatic carboxylic acids is 1. The molecule has 2 fully saturated rings. The lowest BCUT2D eigenvalue weighted by atomic mass is 9.91. The van der Waals surface area contributed by atoms with Gasteiger partial charge < -0.3 is 19.3 Å². The van der Waals surface area contributed by atoms with Crippen LogP contribution in [0.2, 0.25) is 0 Å². The number of hydrogen-bond donors (Lipinski definition) is 1. The molecule has 2 heterocycles. The highest BCUT2D eigenvalue weighted by atomic mass is 19.1. The van der Waals surface area contributed by atoms with Crippen molar-refractivity contribution in [1.29, 1.82) is 0 Å². The van der Waals surface area contributed by atoms with E-state index in [1.807, 2.05) is 0 Å². The lowest BCUT2D eigenvalue weighted by Crippen LogP contribution is -2.44. The van der Waals surface area contributed by atoms with Crippen molar-refractivity contribution in [3.63, 3.8) is 0 Å². The van der Waals surface area contributed by atoms with Gasteiger partial charge in [-0.15, -0.1) is 0 Å². The standard InChI is InChI=1S/C15H17FO5/c16-11-2-1-3-12(13(11)14(17)18)21-10-4-6-20-15(8-10)5-7-19-9-15/h1-3,10H,4-9H2,(H,17,18). The number of ether oxygens (including phenoxy) is 3. The van der Waals surface area contributed by atoms with Crippen LogP contribution in [-0.4, -0.2) is 42.6 Å². The summed E-state index contributed by atoms with van der Waals surface area (Å²) >= 11 is 0. The van der Waals surface area contributed by atoms with Gasteiger partial charge in [0.25, 0.3) is 0 Å². The summed E-state index contributed by atoms with van der Waals surface area (Å²) in [6.07, 6.45) is 1.89. The third kappa shape index (κ3) is 2.87. The summed E-state index contributed by atoms with van der Waals surface area (Å²) in [4.78, 5) is 11.2. The molecule has 2 atom stereocenters. The maximum atomic E-state index is 13.6. The summed E-state index contributed by atoms with van der Waals surface area (Å²) in [6.45, 7) is 1.72. The molecule has 0 radical (unpaired) electrons. The van der Waals surface area contributed by atoms with E-state index < -0.39 is 17.3 Å². The maximum Gasteiger partial charge on any atom is 0.342 e. The Bertz CT molecular complexity index is 539. The van der Waals surface area contributed by atoms with Crippen LogP contribution >= 0.6 is 0 Å². The summed E-state index contributed by atoms with van der Waals surface area (Å²) in [7, 11) is 0. The fourth-order valence-corrected chi connectivity index (χ4v) is 2.94. The molecule has 0 aliphatic carbocycles. The van der Waals surface area contributed by atoms with Crippen LogP contribution in [0.4, 0.5) is 4.39 Å². The molecular formula is C15H17FO5. The molecule has 2 aliphatic heterocycles. The molecule has 114 valence electrons. The highest BCUT2D eigenvalue weighted by Gasteiger charge is 2.42. The van der Waals surface area contributed by atoms with Crippen LogP contribution in [0.15, 0.2) is 18.2 Å². The van der Waals surface area contributed by atoms with Gasteiger partial charge in [-0.3, -0.25) is 0 Å². The second-order valence-corrected chi connectivity index (χ2v) is 5.48. The van der Waals surface area contributed by atoms with Crippen molar-refractivity contribution in [2.24, 2.45) is 0 Å². The minimum Gasteiger partial charge on any atom is -0.489 e. The highest BCUT2D eigenvalue weighted by molar-refractivity contribution is 5.91. The number of rotatable bonds is 3. The normalized spacial score (nSPS) is 28.7. The lowest BCUT2D eigenvalue weighted by molar-refractivity contribution is -0.112. The molecule has 0 amide bonds. The van der Waals surface area contributed by atoms with Gasteiger partial charge in [0.15, 0.2) is 0 Å². The van der Waals surface area contributed by atoms with Crippen LogP contribution in [0.5, 0.6) is 5.75 Å². The summed E-state index contributed by atoms with van der Waals surface area (Å²) in [5.74, 6) is -2.04. The van der Waals surface area contributed by atoms with Crippen molar-refractivity contribution in [3.8, 4) is 5.75 Å². The zero-order valence-corrected chi connectivity index (χ0v) is 11.5. The van der Waals surface area contributed by atoms with E-state index >= 15 is 0 Å². The van der Waals surface area contributed by atoms with E-state index in [0.29, 0.717) is 32.7 Å². The van der Waals surface area contributed by atoms with Crippen LogP contribution in [0.1, 0.15) is 29.6 Å². The van der Waals surface area contributed by atoms with Gasteiger partial charge >= 0.3 is 5.97 Å². The van der Waals surface area contributed by atoms with Gasteiger partial charge in [0.05, 0.1) is 18.8 Å². The Hall–Kier alpha value is -1.66. The quantitative estimate of drug-likeness (QED) is 0.926. The Kier molecular flexibility index (Phi) is 3.82. The Balaban J connectivity index is 1.77. The molecule has 1 N–H and O–H groups in total. The molecule has 1 aromatic carbocycles. The first-order valence-electron chi connectivity index (χ1n) is 7.00. The monoisotopic (exact) mass is 296 g/mol. The van der Waals surface area contributed by atoms with Crippen molar-refractivity contribution < 1.29 is 28.5 Å². The largest absolute Gasteiger partial charge is 0.489 e.